The van der Waals surface area contributed by atoms with Gasteiger partial charge in [0.1, 0.15) is 0 Å². The number of nitrogens with one attached hydrogen (secondary N) is 3. The maximum atomic E-state index is 12.6. The average Bonchev–Trinajstić information content (AvgIpc) is 3.41. The van der Waals surface area contributed by atoms with Crippen molar-refractivity contribution in [3.8, 4) is 0 Å². The van der Waals surface area contributed by atoms with Gasteiger partial charge < -0.3 is 10.6 Å². The second-order valence-electron chi connectivity index (χ2n) is 7.44. The molecular formula is C21H23ClN4O2S2. The first-order valence-corrected chi connectivity index (χ1v) is 12.5. The number of aromatic nitrogens is 1. The fraction of sp³-hybridized carbons (Fsp3) is 0.286. The lowest BCUT2D eigenvalue weighted by Crippen LogP contribution is -2.41. The lowest BCUT2D eigenvalue weighted by Gasteiger charge is -2.31. The van der Waals surface area contributed by atoms with Gasteiger partial charge in [-0.3, -0.25) is 4.72 Å². The van der Waals surface area contributed by atoms with Crippen molar-refractivity contribution in [2.24, 2.45) is 0 Å². The van der Waals surface area contributed by atoms with Gasteiger partial charge in [0.2, 0.25) is 0 Å². The highest BCUT2D eigenvalue weighted by atomic mass is 35.5. The Labute approximate surface area is 185 Å². The molecule has 1 atom stereocenters. The van der Waals surface area contributed by atoms with E-state index in [1.165, 1.54) is 23.0 Å². The molecule has 0 radical (unpaired) electrons. The van der Waals surface area contributed by atoms with Gasteiger partial charge in [-0.25, -0.2) is 13.4 Å². The van der Waals surface area contributed by atoms with Crippen molar-refractivity contribution < 1.29 is 8.42 Å². The van der Waals surface area contributed by atoms with E-state index < -0.39 is 10.0 Å². The Hall–Kier alpha value is -2.13. The number of hydrogen-bond acceptors (Lipinski definition) is 6. The van der Waals surface area contributed by atoms with Crippen LogP contribution in [0.5, 0.6) is 0 Å². The SMILES string of the molecule is O=S(=O)(Nc1cscn1)c1ccc(NC2(CCc3ccccc3)CCNC2)c(Cl)c1. The Balaban J connectivity index is 1.50. The Morgan fingerprint density at radius 2 is 2.03 bits per heavy atom. The maximum absolute atomic E-state index is 12.6. The minimum absolute atomic E-state index is 0.105. The topological polar surface area (TPSA) is 83.1 Å². The number of sulfonamides is 1. The zero-order valence-electron chi connectivity index (χ0n) is 16.3. The van der Waals surface area contributed by atoms with Crippen LogP contribution in [0.15, 0.2) is 64.3 Å². The molecule has 1 unspecified atom stereocenters. The quantitative estimate of drug-likeness (QED) is 0.463. The van der Waals surface area contributed by atoms with E-state index in [2.05, 4.69) is 44.6 Å². The Bertz CT molecular complexity index is 1080. The molecule has 0 aliphatic carbocycles. The molecule has 158 valence electrons. The third kappa shape index (κ3) is 4.95. The van der Waals surface area contributed by atoms with Crippen molar-refractivity contribution in [2.45, 2.75) is 29.7 Å². The molecule has 1 fully saturated rings. The average molecular weight is 463 g/mol. The van der Waals surface area contributed by atoms with Crippen LogP contribution >= 0.6 is 22.9 Å². The second kappa shape index (κ2) is 8.93. The number of benzene rings is 2. The van der Waals surface area contributed by atoms with Crippen molar-refractivity contribution in [1.29, 1.82) is 0 Å². The third-order valence-corrected chi connectivity index (χ3v) is 7.55. The first-order chi connectivity index (χ1) is 14.5. The van der Waals surface area contributed by atoms with Gasteiger partial charge in [0, 0.05) is 11.9 Å². The summed E-state index contributed by atoms with van der Waals surface area (Å²) in [6.45, 7) is 1.77. The van der Waals surface area contributed by atoms with Crippen LogP contribution in [0, 0.1) is 0 Å². The molecule has 4 rings (SSSR count). The van der Waals surface area contributed by atoms with Crippen LogP contribution in [0.3, 0.4) is 0 Å². The van der Waals surface area contributed by atoms with Crippen molar-refractivity contribution in [3.63, 3.8) is 0 Å². The number of rotatable bonds is 8. The molecule has 30 heavy (non-hydrogen) atoms. The fourth-order valence-electron chi connectivity index (χ4n) is 3.66. The predicted molar refractivity (Wildman–Crippen MR) is 123 cm³/mol. The van der Waals surface area contributed by atoms with Gasteiger partial charge >= 0.3 is 0 Å². The molecular weight excluding hydrogens is 440 g/mol. The molecule has 0 spiro atoms. The highest BCUT2D eigenvalue weighted by Crippen LogP contribution is 2.32. The summed E-state index contributed by atoms with van der Waals surface area (Å²) in [5, 5.41) is 9.04. The lowest BCUT2D eigenvalue weighted by molar-refractivity contribution is 0.471. The van der Waals surface area contributed by atoms with Crippen LogP contribution in [-0.2, 0) is 16.4 Å². The van der Waals surface area contributed by atoms with Crippen molar-refractivity contribution in [3.05, 3.63) is 70.0 Å². The maximum Gasteiger partial charge on any atom is 0.263 e. The summed E-state index contributed by atoms with van der Waals surface area (Å²) in [5.74, 6) is 0.301. The van der Waals surface area contributed by atoms with E-state index in [4.69, 9.17) is 11.6 Å². The van der Waals surface area contributed by atoms with Crippen LogP contribution in [0.1, 0.15) is 18.4 Å². The Morgan fingerprint density at radius 1 is 1.20 bits per heavy atom. The summed E-state index contributed by atoms with van der Waals surface area (Å²) in [6, 6.07) is 15.2. The van der Waals surface area contributed by atoms with Crippen LogP contribution in [0.2, 0.25) is 5.02 Å². The third-order valence-electron chi connectivity index (χ3n) is 5.30. The number of aryl methyl sites for hydroxylation is 1. The lowest BCUT2D eigenvalue weighted by atomic mass is 9.90. The molecule has 2 heterocycles. The van der Waals surface area contributed by atoms with E-state index >= 15 is 0 Å². The van der Waals surface area contributed by atoms with Crippen molar-refractivity contribution in [2.75, 3.05) is 23.1 Å². The van der Waals surface area contributed by atoms with E-state index in [1.807, 2.05) is 6.07 Å². The molecule has 2 aromatic carbocycles. The highest BCUT2D eigenvalue weighted by molar-refractivity contribution is 7.92. The van der Waals surface area contributed by atoms with E-state index in [-0.39, 0.29) is 10.4 Å². The van der Waals surface area contributed by atoms with Gasteiger partial charge in [-0.15, -0.1) is 11.3 Å². The summed E-state index contributed by atoms with van der Waals surface area (Å²) in [7, 11) is -3.74. The summed E-state index contributed by atoms with van der Waals surface area (Å²) < 4.78 is 27.7. The molecule has 0 amide bonds. The fourth-order valence-corrected chi connectivity index (χ4v) is 5.54. The Morgan fingerprint density at radius 3 is 2.70 bits per heavy atom. The molecule has 9 heteroatoms. The van der Waals surface area contributed by atoms with Gasteiger partial charge in [-0.1, -0.05) is 41.9 Å². The zero-order chi connectivity index (χ0) is 21.0. The molecule has 1 aliphatic rings. The first kappa shape index (κ1) is 21.1. The van der Waals surface area contributed by atoms with Crippen LogP contribution in [-0.4, -0.2) is 32.0 Å². The molecule has 3 aromatic rings. The monoisotopic (exact) mass is 462 g/mol. The van der Waals surface area contributed by atoms with Gasteiger partial charge in [0.15, 0.2) is 5.82 Å². The summed E-state index contributed by atoms with van der Waals surface area (Å²) in [4.78, 5) is 4.07. The van der Waals surface area contributed by atoms with Gasteiger partial charge in [-0.05, 0) is 49.6 Å². The van der Waals surface area contributed by atoms with E-state index in [0.29, 0.717) is 10.8 Å². The molecule has 1 aliphatic heterocycles. The molecule has 1 aromatic heterocycles. The van der Waals surface area contributed by atoms with Gasteiger partial charge in [-0.2, -0.15) is 0 Å². The second-order valence-corrected chi connectivity index (χ2v) is 10.2. The van der Waals surface area contributed by atoms with E-state index in [9.17, 15) is 8.42 Å². The van der Waals surface area contributed by atoms with Gasteiger partial charge in [0.25, 0.3) is 10.0 Å². The van der Waals surface area contributed by atoms with E-state index in [0.717, 1.165) is 38.0 Å². The molecule has 3 N–H and O–H groups in total. The number of halogens is 1. The standard InChI is InChI=1S/C21H23ClN4O2S2/c22-18-12-17(30(27,28)26-20-13-29-15-24-20)6-7-19(18)25-21(10-11-23-14-21)9-8-16-4-2-1-3-5-16/h1-7,12-13,15,23,25-26H,8-11,14H2. The van der Waals surface area contributed by atoms with Crippen LogP contribution in [0.25, 0.3) is 0 Å². The predicted octanol–water partition coefficient (Wildman–Crippen LogP) is 4.37. The van der Waals surface area contributed by atoms with Crippen molar-refractivity contribution in [1.82, 2.24) is 10.3 Å². The molecule has 0 bridgehead atoms. The number of anilines is 2. The largest absolute Gasteiger partial charge is 0.377 e. The number of thiazole rings is 1. The summed E-state index contributed by atoms with van der Waals surface area (Å²) >= 11 is 7.81. The number of nitrogens with zero attached hydrogens (tertiary/aromatic N) is 1. The van der Waals surface area contributed by atoms with Crippen LogP contribution in [0.4, 0.5) is 11.5 Å². The summed E-state index contributed by atoms with van der Waals surface area (Å²) in [6.07, 6.45) is 2.88. The molecule has 0 saturated carbocycles. The summed E-state index contributed by atoms with van der Waals surface area (Å²) in [5.41, 5.74) is 3.48. The molecule has 1 saturated heterocycles. The van der Waals surface area contributed by atoms with Gasteiger partial charge in [0.05, 0.1) is 26.7 Å². The van der Waals surface area contributed by atoms with Crippen molar-refractivity contribution >= 4 is 44.5 Å². The normalized spacial score (nSPS) is 19.0. The zero-order valence-corrected chi connectivity index (χ0v) is 18.7. The van der Waals surface area contributed by atoms with Crippen LogP contribution < -0.4 is 15.4 Å². The van der Waals surface area contributed by atoms with E-state index in [1.54, 1.807) is 23.0 Å². The minimum atomic E-state index is -3.74. The minimum Gasteiger partial charge on any atom is -0.377 e. The smallest absolute Gasteiger partial charge is 0.263 e. The first-order valence-electron chi connectivity index (χ1n) is 9.69. The number of hydrogen-bond donors (Lipinski definition) is 3. The highest BCUT2D eigenvalue weighted by Gasteiger charge is 2.34. The molecule has 6 nitrogen and oxygen atoms in total. The Kier molecular flexibility index (Phi) is 6.29.